The zero-order valence-corrected chi connectivity index (χ0v) is 12.6. The van der Waals surface area contributed by atoms with Gasteiger partial charge in [0.15, 0.2) is 11.6 Å². The third-order valence-corrected chi connectivity index (χ3v) is 3.69. The Kier molecular flexibility index (Phi) is 5.71. The van der Waals surface area contributed by atoms with Crippen molar-refractivity contribution in [1.29, 1.82) is 0 Å². The van der Waals surface area contributed by atoms with Gasteiger partial charge in [-0.05, 0) is 67.7 Å². The van der Waals surface area contributed by atoms with E-state index in [0.29, 0.717) is 17.4 Å². The molecule has 0 bridgehead atoms. The van der Waals surface area contributed by atoms with Crippen molar-refractivity contribution in [3.8, 4) is 0 Å². The molecule has 0 saturated carbocycles. The van der Waals surface area contributed by atoms with Gasteiger partial charge in [-0.3, -0.25) is 0 Å². The smallest absolute Gasteiger partial charge is 0.159 e. The van der Waals surface area contributed by atoms with Crippen molar-refractivity contribution >= 4 is 11.6 Å². The van der Waals surface area contributed by atoms with Crippen LogP contribution < -0.4 is 5.32 Å². The molecule has 0 aliphatic rings. The second kappa shape index (κ2) is 7.53. The van der Waals surface area contributed by atoms with Crippen LogP contribution >= 0.6 is 11.6 Å². The summed E-state index contributed by atoms with van der Waals surface area (Å²) in [5, 5.41) is 3.86. The lowest BCUT2D eigenvalue weighted by Gasteiger charge is -2.17. The molecular formula is C17H18ClF2N. The fraction of sp³-hybridized carbons (Fsp3) is 0.294. The molecule has 0 spiro atoms. The van der Waals surface area contributed by atoms with E-state index in [1.54, 1.807) is 6.07 Å². The van der Waals surface area contributed by atoms with E-state index in [0.717, 1.165) is 18.5 Å². The van der Waals surface area contributed by atoms with Gasteiger partial charge in [-0.1, -0.05) is 29.8 Å². The Morgan fingerprint density at radius 2 is 1.57 bits per heavy atom. The summed E-state index contributed by atoms with van der Waals surface area (Å²) in [5.74, 6) is -1.29. The summed E-state index contributed by atoms with van der Waals surface area (Å²) in [4.78, 5) is 0. The van der Waals surface area contributed by atoms with Gasteiger partial charge in [0.1, 0.15) is 0 Å². The second-order valence-electron chi connectivity index (χ2n) is 5.21. The fourth-order valence-corrected chi connectivity index (χ4v) is 2.58. The minimum Gasteiger partial charge on any atom is -0.319 e. The average molecular weight is 310 g/mol. The molecule has 0 saturated heterocycles. The third kappa shape index (κ3) is 4.80. The van der Waals surface area contributed by atoms with E-state index >= 15 is 0 Å². The normalized spacial score (nSPS) is 12.4. The molecule has 112 valence electrons. The molecular weight excluding hydrogens is 292 g/mol. The van der Waals surface area contributed by atoms with E-state index in [2.05, 4.69) is 5.32 Å². The summed E-state index contributed by atoms with van der Waals surface area (Å²) in [6.45, 7) is 0.807. The highest BCUT2D eigenvalue weighted by atomic mass is 35.5. The van der Waals surface area contributed by atoms with Gasteiger partial charge in [-0.25, -0.2) is 8.78 Å². The van der Waals surface area contributed by atoms with E-state index in [4.69, 9.17) is 11.6 Å². The highest BCUT2D eigenvalue weighted by Gasteiger charge is 2.12. The molecule has 1 nitrogen and oxygen atoms in total. The van der Waals surface area contributed by atoms with E-state index in [1.807, 2.05) is 31.3 Å². The maximum absolute atomic E-state index is 13.3. The van der Waals surface area contributed by atoms with E-state index in [9.17, 15) is 8.78 Å². The first-order chi connectivity index (χ1) is 10.1. The van der Waals surface area contributed by atoms with Gasteiger partial charge in [0.2, 0.25) is 0 Å². The summed E-state index contributed by atoms with van der Waals surface area (Å²) >= 11 is 5.88. The van der Waals surface area contributed by atoms with Crippen LogP contribution in [-0.4, -0.2) is 13.6 Å². The molecule has 1 atom stereocenters. The van der Waals surface area contributed by atoms with Gasteiger partial charge in [0, 0.05) is 5.02 Å². The molecule has 4 heteroatoms. The molecule has 0 amide bonds. The Hall–Kier alpha value is -1.45. The predicted octanol–water partition coefficient (Wildman–Crippen LogP) is 4.24. The Morgan fingerprint density at radius 1 is 0.952 bits per heavy atom. The van der Waals surface area contributed by atoms with Crippen molar-refractivity contribution in [2.24, 2.45) is 5.92 Å². The molecule has 21 heavy (non-hydrogen) atoms. The third-order valence-electron chi connectivity index (χ3n) is 3.44. The first kappa shape index (κ1) is 15.9. The number of hydrogen-bond acceptors (Lipinski definition) is 1. The van der Waals surface area contributed by atoms with Crippen LogP contribution in [-0.2, 0) is 12.8 Å². The van der Waals surface area contributed by atoms with Crippen LogP contribution in [0.4, 0.5) is 8.78 Å². The molecule has 0 fully saturated rings. The van der Waals surface area contributed by atoms with Crippen LogP contribution in [0.1, 0.15) is 11.1 Å². The van der Waals surface area contributed by atoms with Gasteiger partial charge in [-0.15, -0.1) is 0 Å². The summed E-state index contributed by atoms with van der Waals surface area (Å²) in [7, 11) is 1.89. The highest BCUT2D eigenvalue weighted by molar-refractivity contribution is 6.30. The van der Waals surface area contributed by atoms with Gasteiger partial charge >= 0.3 is 0 Å². The molecule has 0 radical (unpaired) electrons. The Morgan fingerprint density at radius 3 is 2.19 bits per heavy atom. The molecule has 2 aromatic rings. The number of hydrogen-bond donors (Lipinski definition) is 1. The Balaban J connectivity index is 2.07. The summed E-state index contributed by atoms with van der Waals surface area (Å²) in [6, 6.07) is 11.8. The second-order valence-corrected chi connectivity index (χ2v) is 5.64. The predicted molar refractivity (Wildman–Crippen MR) is 82.6 cm³/mol. The molecule has 2 rings (SSSR count). The number of halogens is 3. The van der Waals surface area contributed by atoms with E-state index < -0.39 is 11.6 Å². The number of nitrogens with one attached hydrogen (secondary N) is 1. The zero-order chi connectivity index (χ0) is 15.2. The maximum Gasteiger partial charge on any atom is 0.159 e. The topological polar surface area (TPSA) is 12.0 Å². The maximum atomic E-state index is 13.3. The van der Waals surface area contributed by atoms with Crippen molar-refractivity contribution in [2.45, 2.75) is 12.8 Å². The van der Waals surface area contributed by atoms with Crippen LogP contribution in [0.3, 0.4) is 0 Å². The lowest BCUT2D eigenvalue weighted by atomic mass is 9.92. The van der Waals surface area contributed by atoms with Gasteiger partial charge in [0.25, 0.3) is 0 Å². The minimum atomic E-state index is -0.804. The van der Waals surface area contributed by atoms with Crippen molar-refractivity contribution in [3.05, 3.63) is 70.2 Å². The minimum absolute atomic E-state index is 0.307. The quantitative estimate of drug-likeness (QED) is 0.841. The van der Waals surface area contributed by atoms with Crippen LogP contribution in [0.2, 0.25) is 5.02 Å². The van der Waals surface area contributed by atoms with Crippen LogP contribution in [0.15, 0.2) is 42.5 Å². The van der Waals surface area contributed by atoms with Crippen molar-refractivity contribution in [3.63, 3.8) is 0 Å². The van der Waals surface area contributed by atoms with E-state index in [1.165, 1.54) is 17.7 Å². The lowest BCUT2D eigenvalue weighted by molar-refractivity contribution is 0.483. The van der Waals surface area contributed by atoms with Crippen LogP contribution in [0.5, 0.6) is 0 Å². The number of rotatable bonds is 6. The van der Waals surface area contributed by atoms with Crippen LogP contribution in [0, 0.1) is 17.6 Å². The Bertz CT molecular complexity index is 584. The first-order valence-electron chi connectivity index (χ1n) is 6.91. The van der Waals surface area contributed by atoms with Gasteiger partial charge < -0.3 is 5.32 Å². The SMILES string of the molecule is CNCC(Cc1ccc(Cl)cc1)Cc1ccc(F)c(F)c1. The fourth-order valence-electron chi connectivity index (χ4n) is 2.46. The van der Waals surface area contributed by atoms with Crippen LogP contribution in [0.25, 0.3) is 0 Å². The zero-order valence-electron chi connectivity index (χ0n) is 11.9. The van der Waals surface area contributed by atoms with Gasteiger partial charge in [-0.2, -0.15) is 0 Å². The molecule has 2 aromatic carbocycles. The van der Waals surface area contributed by atoms with E-state index in [-0.39, 0.29) is 0 Å². The van der Waals surface area contributed by atoms with Gasteiger partial charge in [0.05, 0.1) is 0 Å². The Labute approximate surface area is 128 Å². The largest absolute Gasteiger partial charge is 0.319 e. The molecule has 0 heterocycles. The standard InChI is InChI=1S/C17H18ClF2N/c1-21-11-14(8-12-2-5-15(18)6-3-12)9-13-4-7-16(19)17(20)10-13/h2-7,10,14,21H,8-9,11H2,1H3. The average Bonchev–Trinajstić information content (AvgIpc) is 2.46. The summed E-state index contributed by atoms with van der Waals surface area (Å²) in [6.07, 6.45) is 1.55. The molecule has 0 aliphatic heterocycles. The molecule has 0 aromatic heterocycles. The van der Waals surface area contributed by atoms with Crippen molar-refractivity contribution in [2.75, 3.05) is 13.6 Å². The summed E-state index contributed by atoms with van der Waals surface area (Å²) in [5.41, 5.74) is 1.99. The molecule has 1 unspecified atom stereocenters. The lowest BCUT2D eigenvalue weighted by Crippen LogP contribution is -2.22. The molecule has 1 N–H and O–H groups in total. The first-order valence-corrected chi connectivity index (χ1v) is 7.29. The summed E-state index contributed by atoms with van der Waals surface area (Å²) < 4.78 is 26.3. The van der Waals surface area contributed by atoms with Crippen molar-refractivity contribution < 1.29 is 8.78 Å². The highest BCUT2D eigenvalue weighted by Crippen LogP contribution is 2.18. The number of benzene rings is 2. The van der Waals surface area contributed by atoms with Crippen molar-refractivity contribution in [1.82, 2.24) is 5.32 Å². The molecule has 0 aliphatic carbocycles. The monoisotopic (exact) mass is 309 g/mol.